The number of carbonyl (C=O) groups excluding carboxylic acids is 1. The zero-order valence-corrected chi connectivity index (χ0v) is 6.93. The monoisotopic (exact) mass is 169 g/mol. The van der Waals surface area contributed by atoms with Crippen molar-refractivity contribution in [3.8, 4) is 0 Å². The Kier molecular flexibility index (Phi) is 2.60. The van der Waals surface area contributed by atoms with E-state index in [1.807, 2.05) is 19.1 Å². The van der Waals surface area contributed by atoms with E-state index in [4.69, 9.17) is 11.6 Å². The van der Waals surface area contributed by atoms with Crippen LogP contribution in [-0.4, -0.2) is 11.3 Å². The zero-order valence-electron chi connectivity index (χ0n) is 6.17. The van der Waals surface area contributed by atoms with Crippen LogP contribution in [0.1, 0.15) is 21.7 Å². The summed E-state index contributed by atoms with van der Waals surface area (Å²) in [5.41, 5.74) is 2.09. The van der Waals surface area contributed by atoms with E-state index in [1.54, 1.807) is 0 Å². The van der Waals surface area contributed by atoms with E-state index in [2.05, 4.69) is 4.98 Å². The van der Waals surface area contributed by atoms with Crippen molar-refractivity contribution in [3.63, 3.8) is 0 Å². The highest BCUT2D eigenvalue weighted by molar-refractivity contribution is 6.16. The fourth-order valence-electron chi connectivity index (χ4n) is 0.780. The number of halogens is 1. The molecule has 0 N–H and O–H groups in total. The van der Waals surface area contributed by atoms with Crippen LogP contribution in [0.2, 0.25) is 0 Å². The van der Waals surface area contributed by atoms with E-state index in [1.165, 1.54) is 0 Å². The quantitative estimate of drug-likeness (QED) is 0.500. The van der Waals surface area contributed by atoms with Gasteiger partial charge in [-0.3, -0.25) is 4.79 Å². The molecule has 0 bridgehead atoms. The third-order valence-electron chi connectivity index (χ3n) is 1.44. The van der Waals surface area contributed by atoms with Crippen LogP contribution >= 0.6 is 11.6 Å². The van der Waals surface area contributed by atoms with Crippen molar-refractivity contribution in [1.82, 2.24) is 4.98 Å². The molecule has 0 saturated heterocycles. The predicted octanol–water partition coefficient (Wildman–Crippen LogP) is 1.94. The molecule has 58 valence electrons. The van der Waals surface area contributed by atoms with Gasteiger partial charge >= 0.3 is 0 Å². The van der Waals surface area contributed by atoms with Gasteiger partial charge in [0.2, 0.25) is 0 Å². The number of hydrogen-bond acceptors (Lipinski definition) is 2. The largest absolute Gasteiger partial charge is 0.296 e. The Morgan fingerprint density at radius 3 is 2.91 bits per heavy atom. The molecule has 0 spiro atoms. The van der Waals surface area contributed by atoms with Crippen molar-refractivity contribution in [2.24, 2.45) is 0 Å². The van der Waals surface area contributed by atoms with Gasteiger partial charge in [0.15, 0.2) is 6.29 Å². The van der Waals surface area contributed by atoms with Crippen LogP contribution < -0.4 is 0 Å². The summed E-state index contributed by atoms with van der Waals surface area (Å²) in [6.07, 6.45) is 0.741. The number of rotatable bonds is 2. The summed E-state index contributed by atoms with van der Waals surface area (Å²) in [7, 11) is 0. The van der Waals surface area contributed by atoms with Gasteiger partial charge in [0.1, 0.15) is 5.69 Å². The summed E-state index contributed by atoms with van der Waals surface area (Å²) in [5.74, 6) is 0.348. The Balaban J connectivity index is 3.12. The minimum absolute atomic E-state index is 0.348. The molecule has 0 aliphatic carbocycles. The van der Waals surface area contributed by atoms with E-state index >= 15 is 0 Å². The number of pyridine rings is 1. The van der Waals surface area contributed by atoms with E-state index in [9.17, 15) is 4.79 Å². The lowest BCUT2D eigenvalue weighted by Gasteiger charge is -1.98. The lowest BCUT2D eigenvalue weighted by atomic mass is 10.2. The second-order valence-corrected chi connectivity index (χ2v) is 2.52. The van der Waals surface area contributed by atoms with Crippen molar-refractivity contribution in [2.75, 3.05) is 0 Å². The smallest absolute Gasteiger partial charge is 0.168 e. The van der Waals surface area contributed by atoms with E-state index in [-0.39, 0.29) is 0 Å². The van der Waals surface area contributed by atoms with Gasteiger partial charge in [-0.1, -0.05) is 6.07 Å². The van der Waals surface area contributed by atoms with Gasteiger partial charge < -0.3 is 0 Å². The van der Waals surface area contributed by atoms with E-state index in [0.29, 0.717) is 11.6 Å². The molecule has 0 aromatic carbocycles. The molecule has 1 aromatic heterocycles. The topological polar surface area (TPSA) is 30.0 Å². The Morgan fingerprint density at radius 2 is 2.36 bits per heavy atom. The minimum Gasteiger partial charge on any atom is -0.296 e. The fourth-order valence-corrected chi connectivity index (χ4v) is 0.929. The van der Waals surface area contributed by atoms with Crippen LogP contribution in [0.3, 0.4) is 0 Å². The number of carbonyl (C=O) groups is 1. The first-order chi connectivity index (χ1) is 5.27. The number of aromatic nitrogens is 1. The molecule has 11 heavy (non-hydrogen) atoms. The standard InChI is InChI=1S/C8H8ClNO/c1-6-2-3-7(4-9)10-8(6)5-11/h2-3,5H,4H2,1H3. The van der Waals surface area contributed by atoms with Crippen molar-refractivity contribution in [1.29, 1.82) is 0 Å². The van der Waals surface area contributed by atoms with Crippen LogP contribution in [0.4, 0.5) is 0 Å². The molecule has 1 aromatic rings. The summed E-state index contributed by atoms with van der Waals surface area (Å²) in [4.78, 5) is 14.4. The average molecular weight is 170 g/mol. The van der Waals surface area contributed by atoms with Crippen LogP contribution in [0.5, 0.6) is 0 Å². The van der Waals surface area contributed by atoms with Gasteiger partial charge in [-0.2, -0.15) is 0 Å². The lowest BCUT2D eigenvalue weighted by molar-refractivity contribution is 0.111. The normalized spacial score (nSPS) is 9.64. The molecule has 0 atom stereocenters. The Bertz CT molecular complexity index is 273. The first-order valence-electron chi connectivity index (χ1n) is 3.25. The average Bonchev–Trinajstić information content (AvgIpc) is 2.05. The maximum Gasteiger partial charge on any atom is 0.168 e. The molecule has 0 aliphatic heterocycles. The maximum absolute atomic E-state index is 10.4. The first kappa shape index (κ1) is 8.21. The van der Waals surface area contributed by atoms with Crippen molar-refractivity contribution < 1.29 is 4.79 Å². The minimum atomic E-state index is 0.348. The van der Waals surface area contributed by atoms with E-state index in [0.717, 1.165) is 17.5 Å². The number of aldehydes is 1. The number of nitrogens with zero attached hydrogens (tertiary/aromatic N) is 1. The number of alkyl halides is 1. The summed E-state index contributed by atoms with van der Waals surface area (Å²) in [5, 5.41) is 0. The second kappa shape index (κ2) is 3.49. The molecule has 2 nitrogen and oxygen atoms in total. The van der Waals surface area contributed by atoms with Crippen molar-refractivity contribution >= 4 is 17.9 Å². The van der Waals surface area contributed by atoms with Crippen LogP contribution in [0.15, 0.2) is 12.1 Å². The van der Waals surface area contributed by atoms with Crippen molar-refractivity contribution in [3.05, 3.63) is 29.1 Å². The number of hydrogen-bond donors (Lipinski definition) is 0. The lowest BCUT2D eigenvalue weighted by Crippen LogP contribution is -1.94. The van der Waals surface area contributed by atoms with Gasteiger partial charge in [0, 0.05) is 0 Å². The Hall–Kier alpha value is -0.890. The maximum atomic E-state index is 10.4. The summed E-state index contributed by atoms with van der Waals surface area (Å²) in [6.45, 7) is 1.84. The highest BCUT2D eigenvalue weighted by Gasteiger charge is 1.98. The molecule has 3 heteroatoms. The highest BCUT2D eigenvalue weighted by Crippen LogP contribution is 2.05. The van der Waals surface area contributed by atoms with Gasteiger partial charge in [0.05, 0.1) is 11.6 Å². The van der Waals surface area contributed by atoms with Crippen LogP contribution in [0, 0.1) is 6.92 Å². The second-order valence-electron chi connectivity index (χ2n) is 2.26. The molecular weight excluding hydrogens is 162 g/mol. The summed E-state index contributed by atoms with van der Waals surface area (Å²) < 4.78 is 0. The SMILES string of the molecule is Cc1ccc(CCl)nc1C=O. The molecule has 1 heterocycles. The molecule has 1 rings (SSSR count). The molecule has 0 radical (unpaired) electrons. The summed E-state index contributed by atoms with van der Waals surface area (Å²) in [6, 6.07) is 3.66. The molecule has 0 saturated carbocycles. The van der Waals surface area contributed by atoms with E-state index < -0.39 is 0 Å². The molecule has 0 amide bonds. The fraction of sp³-hybridized carbons (Fsp3) is 0.250. The summed E-state index contributed by atoms with van der Waals surface area (Å²) >= 11 is 5.53. The Labute approximate surface area is 70.2 Å². The van der Waals surface area contributed by atoms with Gasteiger partial charge in [-0.15, -0.1) is 11.6 Å². The molecule has 0 fully saturated rings. The predicted molar refractivity (Wildman–Crippen MR) is 43.9 cm³/mol. The highest BCUT2D eigenvalue weighted by atomic mass is 35.5. The van der Waals surface area contributed by atoms with Crippen LogP contribution in [0.25, 0.3) is 0 Å². The van der Waals surface area contributed by atoms with Gasteiger partial charge in [-0.25, -0.2) is 4.98 Å². The van der Waals surface area contributed by atoms with Crippen molar-refractivity contribution in [2.45, 2.75) is 12.8 Å². The Morgan fingerprint density at radius 1 is 1.64 bits per heavy atom. The molecule has 0 unspecified atom stereocenters. The first-order valence-corrected chi connectivity index (χ1v) is 3.79. The van der Waals surface area contributed by atoms with Gasteiger partial charge in [-0.05, 0) is 18.6 Å². The zero-order chi connectivity index (χ0) is 8.27. The third kappa shape index (κ3) is 1.77. The molecular formula is C8H8ClNO. The third-order valence-corrected chi connectivity index (χ3v) is 1.72. The van der Waals surface area contributed by atoms with Gasteiger partial charge in [0.25, 0.3) is 0 Å². The number of aryl methyl sites for hydroxylation is 1. The molecule has 0 aliphatic rings. The van der Waals surface area contributed by atoms with Crippen LogP contribution in [-0.2, 0) is 5.88 Å².